The van der Waals surface area contributed by atoms with Gasteiger partial charge in [0.1, 0.15) is 0 Å². The van der Waals surface area contributed by atoms with Gasteiger partial charge in [-0.1, -0.05) is 0 Å². The molecule has 0 fully saturated rings. The van der Waals surface area contributed by atoms with Crippen molar-refractivity contribution in [1.29, 1.82) is 0 Å². The molecule has 0 radical (unpaired) electrons. The van der Waals surface area contributed by atoms with Gasteiger partial charge in [0.15, 0.2) is 28.8 Å². The summed E-state index contributed by atoms with van der Waals surface area (Å²) in [6, 6.07) is 2.76. The molecular weight excluding hydrogens is 308 g/mol. The van der Waals surface area contributed by atoms with E-state index in [9.17, 15) is 40.2 Å². The van der Waals surface area contributed by atoms with Crippen LogP contribution in [-0.4, -0.2) is 42.2 Å². The molecule has 0 spiro atoms. The summed E-state index contributed by atoms with van der Waals surface area (Å²) < 4.78 is 0. The van der Waals surface area contributed by atoms with Gasteiger partial charge < -0.3 is 30.6 Å². The zero-order valence-electron chi connectivity index (χ0n) is 11.7. The number of carbonyl (C=O) groups excluding carboxylic acids is 2. The highest BCUT2D eigenvalue weighted by atomic mass is 16.3. The number of hydrogen-bond donors (Lipinski definition) is 6. The molecule has 0 unspecified atom stereocenters. The van der Waals surface area contributed by atoms with E-state index in [0.29, 0.717) is 0 Å². The monoisotopic (exact) mass is 320 g/mol. The fourth-order valence-corrected chi connectivity index (χ4v) is 1.99. The van der Waals surface area contributed by atoms with Crippen molar-refractivity contribution in [2.75, 3.05) is 0 Å². The van der Waals surface area contributed by atoms with E-state index in [4.69, 9.17) is 0 Å². The van der Waals surface area contributed by atoms with Crippen LogP contribution in [-0.2, 0) is 0 Å². The fraction of sp³-hybridized carbons (Fsp3) is 0.0667. The van der Waals surface area contributed by atoms with Crippen LogP contribution < -0.4 is 0 Å². The van der Waals surface area contributed by atoms with Crippen LogP contribution >= 0.6 is 0 Å². The van der Waals surface area contributed by atoms with Gasteiger partial charge in [0.05, 0.1) is 16.7 Å². The van der Waals surface area contributed by atoms with Crippen molar-refractivity contribution in [3.8, 4) is 34.5 Å². The van der Waals surface area contributed by atoms with Crippen molar-refractivity contribution in [2.45, 2.75) is 6.92 Å². The van der Waals surface area contributed by atoms with E-state index in [1.807, 2.05) is 0 Å². The Bertz CT molecular complexity index is 838. The first kappa shape index (κ1) is 16.0. The van der Waals surface area contributed by atoms with Crippen molar-refractivity contribution in [3.05, 3.63) is 34.9 Å². The molecular formula is C15H12O8. The van der Waals surface area contributed by atoms with Crippen LogP contribution in [0.2, 0.25) is 0 Å². The van der Waals surface area contributed by atoms with Gasteiger partial charge in [0.25, 0.3) is 0 Å². The van der Waals surface area contributed by atoms with Gasteiger partial charge in [-0.25, -0.2) is 0 Å². The lowest BCUT2D eigenvalue weighted by molar-refractivity contribution is 0.101. The molecule has 120 valence electrons. The lowest BCUT2D eigenvalue weighted by Crippen LogP contribution is -2.05. The topological polar surface area (TPSA) is 156 Å². The van der Waals surface area contributed by atoms with Crippen LogP contribution in [0, 0.1) is 0 Å². The van der Waals surface area contributed by atoms with Crippen LogP contribution in [0.25, 0.3) is 0 Å². The third kappa shape index (κ3) is 2.46. The van der Waals surface area contributed by atoms with E-state index in [2.05, 4.69) is 0 Å². The second-order valence-corrected chi connectivity index (χ2v) is 4.73. The number of ketones is 2. The number of rotatable bonds is 3. The second-order valence-electron chi connectivity index (χ2n) is 4.73. The van der Waals surface area contributed by atoms with Crippen LogP contribution in [0.3, 0.4) is 0 Å². The van der Waals surface area contributed by atoms with Gasteiger partial charge in [-0.3, -0.25) is 9.59 Å². The molecule has 8 heteroatoms. The summed E-state index contributed by atoms with van der Waals surface area (Å²) in [4.78, 5) is 23.8. The van der Waals surface area contributed by atoms with Crippen LogP contribution in [0.4, 0.5) is 0 Å². The van der Waals surface area contributed by atoms with Crippen LogP contribution in [0.15, 0.2) is 18.2 Å². The molecule has 0 aliphatic carbocycles. The maximum absolute atomic E-state index is 12.4. The number of hydrogen-bond acceptors (Lipinski definition) is 8. The SMILES string of the molecule is CC(=O)c1cc(C(=O)c2ccc(O)c(O)c2O)c(O)c(O)c1O. The van der Waals surface area contributed by atoms with Crippen molar-refractivity contribution >= 4 is 11.6 Å². The number of aromatic hydroxyl groups is 6. The Labute approximate surface area is 129 Å². The highest BCUT2D eigenvalue weighted by Crippen LogP contribution is 2.43. The normalized spacial score (nSPS) is 10.5. The quantitative estimate of drug-likeness (QED) is 0.365. The summed E-state index contributed by atoms with van der Waals surface area (Å²) in [5.74, 6) is -7.22. The number of benzene rings is 2. The van der Waals surface area contributed by atoms with Gasteiger partial charge in [0, 0.05) is 0 Å². The molecule has 0 atom stereocenters. The largest absolute Gasteiger partial charge is 0.504 e. The zero-order chi connectivity index (χ0) is 17.5. The minimum Gasteiger partial charge on any atom is -0.504 e. The first-order valence-electron chi connectivity index (χ1n) is 6.24. The highest BCUT2D eigenvalue weighted by Gasteiger charge is 2.26. The molecule has 0 bridgehead atoms. The minimum atomic E-state index is -1.07. The molecule has 2 aromatic rings. The molecule has 0 aromatic heterocycles. The maximum Gasteiger partial charge on any atom is 0.201 e. The molecule has 8 nitrogen and oxygen atoms in total. The van der Waals surface area contributed by atoms with Crippen molar-refractivity contribution < 1.29 is 40.2 Å². The van der Waals surface area contributed by atoms with Gasteiger partial charge in [-0.05, 0) is 25.1 Å². The average Bonchev–Trinajstić information content (AvgIpc) is 2.50. The molecule has 0 amide bonds. The second kappa shape index (κ2) is 5.41. The Morgan fingerprint density at radius 1 is 0.696 bits per heavy atom. The zero-order valence-corrected chi connectivity index (χ0v) is 11.7. The van der Waals surface area contributed by atoms with E-state index < -0.39 is 62.8 Å². The summed E-state index contributed by atoms with van der Waals surface area (Å²) in [5.41, 5.74) is -1.48. The number of phenolic OH excluding ortho intramolecular Hbond substituents is 6. The third-order valence-electron chi connectivity index (χ3n) is 3.25. The summed E-state index contributed by atoms with van der Waals surface area (Å²) in [6.45, 7) is 1.07. The first-order valence-corrected chi connectivity index (χ1v) is 6.24. The van der Waals surface area contributed by atoms with E-state index in [0.717, 1.165) is 25.1 Å². The Morgan fingerprint density at radius 2 is 1.22 bits per heavy atom. The van der Waals surface area contributed by atoms with Crippen molar-refractivity contribution in [3.63, 3.8) is 0 Å². The Kier molecular flexibility index (Phi) is 3.75. The van der Waals surface area contributed by atoms with Crippen LogP contribution in [0.1, 0.15) is 33.2 Å². The fourth-order valence-electron chi connectivity index (χ4n) is 1.99. The number of carbonyl (C=O) groups is 2. The molecule has 2 rings (SSSR count). The van der Waals surface area contributed by atoms with Crippen molar-refractivity contribution in [1.82, 2.24) is 0 Å². The summed E-state index contributed by atoms with van der Waals surface area (Å²) >= 11 is 0. The lowest BCUT2D eigenvalue weighted by Gasteiger charge is -2.12. The van der Waals surface area contributed by atoms with Crippen LogP contribution in [0.5, 0.6) is 34.5 Å². The van der Waals surface area contributed by atoms with Gasteiger partial charge in [-0.2, -0.15) is 0 Å². The first-order chi connectivity index (χ1) is 10.7. The summed E-state index contributed by atoms with van der Waals surface area (Å²) in [7, 11) is 0. The Morgan fingerprint density at radius 3 is 1.78 bits per heavy atom. The molecule has 23 heavy (non-hydrogen) atoms. The third-order valence-corrected chi connectivity index (χ3v) is 3.25. The molecule has 0 aliphatic rings. The lowest BCUT2D eigenvalue weighted by atomic mass is 9.97. The highest BCUT2D eigenvalue weighted by molar-refractivity contribution is 6.15. The van der Waals surface area contributed by atoms with E-state index in [-0.39, 0.29) is 0 Å². The van der Waals surface area contributed by atoms with E-state index in [1.54, 1.807) is 0 Å². The standard InChI is InChI=1S/C15H12O8/c1-5(16)7-4-8(13(21)15(23)12(7)20)10(18)6-2-3-9(17)14(22)11(6)19/h2-4,17,19-23H,1H3. The van der Waals surface area contributed by atoms with Gasteiger partial charge in [-0.15, -0.1) is 0 Å². The minimum absolute atomic E-state index is 0.411. The molecule has 0 heterocycles. The number of Topliss-reactive ketones (excluding diaryl/α,β-unsaturated/α-hetero) is 1. The maximum atomic E-state index is 12.4. The predicted molar refractivity (Wildman–Crippen MR) is 76.3 cm³/mol. The Hall–Kier alpha value is -3.42. The van der Waals surface area contributed by atoms with Crippen molar-refractivity contribution in [2.24, 2.45) is 0 Å². The summed E-state index contributed by atoms with van der Waals surface area (Å²) in [6.07, 6.45) is 0. The number of phenols is 6. The predicted octanol–water partition coefficient (Wildman–Crippen LogP) is 1.35. The smallest absolute Gasteiger partial charge is 0.201 e. The van der Waals surface area contributed by atoms with E-state index in [1.165, 1.54) is 0 Å². The molecule has 0 saturated carbocycles. The molecule has 2 aromatic carbocycles. The molecule has 0 saturated heterocycles. The summed E-state index contributed by atoms with van der Waals surface area (Å²) in [5, 5.41) is 57.4. The molecule has 6 N–H and O–H groups in total. The Balaban J connectivity index is 2.70. The van der Waals surface area contributed by atoms with Gasteiger partial charge in [0.2, 0.25) is 17.3 Å². The van der Waals surface area contributed by atoms with Gasteiger partial charge >= 0.3 is 0 Å². The van der Waals surface area contributed by atoms with E-state index >= 15 is 0 Å². The molecule has 0 aliphatic heterocycles. The average molecular weight is 320 g/mol.